The molecular weight excluding hydrogens is 211 g/mol. The van der Waals surface area contributed by atoms with Crippen LogP contribution in [0.3, 0.4) is 0 Å². The van der Waals surface area contributed by atoms with Crippen molar-refractivity contribution in [3.63, 3.8) is 0 Å². The average Bonchev–Trinajstić information content (AvgIpc) is 2.23. The summed E-state index contributed by atoms with van der Waals surface area (Å²) in [4.78, 5) is 11.3. The monoisotopic (exact) mass is 226 g/mol. The van der Waals surface area contributed by atoms with E-state index in [0.717, 1.165) is 12.5 Å². The van der Waals surface area contributed by atoms with Crippen LogP contribution in [0.15, 0.2) is 18.2 Å². The van der Waals surface area contributed by atoms with E-state index in [1.165, 1.54) is 12.1 Å². The Hall–Kier alpha value is -1.62. The molecule has 4 nitrogen and oxygen atoms in total. The first-order chi connectivity index (χ1) is 7.63. The molecule has 0 bridgehead atoms. The van der Waals surface area contributed by atoms with E-state index in [2.05, 4.69) is 5.32 Å². The maximum Gasteiger partial charge on any atom is 0.250 e. The number of rotatable bonds is 5. The van der Waals surface area contributed by atoms with E-state index >= 15 is 0 Å². The van der Waals surface area contributed by atoms with Crippen LogP contribution in [0, 0.1) is 5.82 Å². The molecule has 1 rings (SSSR count). The van der Waals surface area contributed by atoms with Gasteiger partial charge in [0.15, 0.2) is 0 Å². The van der Waals surface area contributed by atoms with E-state index < -0.39 is 5.82 Å². The molecule has 0 radical (unpaired) electrons. The Morgan fingerprint density at radius 2 is 2.31 bits per heavy atom. The smallest absolute Gasteiger partial charge is 0.250 e. The number of hydrogen-bond donors (Lipinski definition) is 2. The largest absolute Gasteiger partial charge is 0.399 e. The number of halogens is 1. The molecule has 5 heteroatoms. The Morgan fingerprint density at radius 1 is 1.56 bits per heavy atom. The van der Waals surface area contributed by atoms with Gasteiger partial charge in [-0.15, -0.1) is 0 Å². The van der Waals surface area contributed by atoms with Crippen LogP contribution in [0.4, 0.5) is 15.8 Å². The van der Waals surface area contributed by atoms with E-state index in [9.17, 15) is 9.18 Å². The molecule has 3 N–H and O–H groups in total. The highest BCUT2D eigenvalue weighted by molar-refractivity contribution is 5.91. The van der Waals surface area contributed by atoms with Crippen LogP contribution in [0.2, 0.25) is 0 Å². The van der Waals surface area contributed by atoms with E-state index in [1.807, 2.05) is 6.92 Å². The average molecular weight is 226 g/mol. The van der Waals surface area contributed by atoms with E-state index in [-0.39, 0.29) is 18.2 Å². The molecule has 0 saturated heterocycles. The van der Waals surface area contributed by atoms with Crippen molar-refractivity contribution in [2.75, 3.05) is 24.3 Å². The predicted molar refractivity (Wildman–Crippen MR) is 60.6 cm³/mol. The van der Waals surface area contributed by atoms with Crippen molar-refractivity contribution in [3.05, 3.63) is 24.0 Å². The predicted octanol–water partition coefficient (Wildman–Crippen LogP) is 1.77. The van der Waals surface area contributed by atoms with Crippen LogP contribution in [0.1, 0.15) is 13.3 Å². The Morgan fingerprint density at radius 3 is 2.94 bits per heavy atom. The lowest BCUT2D eigenvalue weighted by Gasteiger charge is -2.07. The fourth-order valence-electron chi connectivity index (χ4n) is 1.13. The minimum absolute atomic E-state index is 0.0718. The zero-order valence-electron chi connectivity index (χ0n) is 9.13. The molecule has 0 fully saturated rings. The van der Waals surface area contributed by atoms with Gasteiger partial charge in [0, 0.05) is 12.3 Å². The van der Waals surface area contributed by atoms with Crippen LogP contribution in [-0.4, -0.2) is 19.1 Å². The van der Waals surface area contributed by atoms with Crippen molar-refractivity contribution in [1.29, 1.82) is 0 Å². The van der Waals surface area contributed by atoms with Gasteiger partial charge >= 0.3 is 0 Å². The summed E-state index contributed by atoms with van der Waals surface area (Å²) in [6.45, 7) is 2.38. The molecule has 0 saturated carbocycles. The fourth-order valence-corrected chi connectivity index (χ4v) is 1.13. The molecular formula is C11H15FN2O2. The minimum Gasteiger partial charge on any atom is -0.399 e. The maximum absolute atomic E-state index is 13.3. The van der Waals surface area contributed by atoms with Gasteiger partial charge in [0.2, 0.25) is 5.91 Å². The van der Waals surface area contributed by atoms with Gasteiger partial charge < -0.3 is 15.8 Å². The van der Waals surface area contributed by atoms with Crippen molar-refractivity contribution in [2.45, 2.75) is 13.3 Å². The normalized spacial score (nSPS) is 10.1. The molecule has 0 aliphatic carbocycles. The molecule has 0 heterocycles. The van der Waals surface area contributed by atoms with E-state index in [4.69, 9.17) is 10.5 Å². The summed E-state index contributed by atoms with van der Waals surface area (Å²) in [5.74, 6) is -0.930. The number of carbonyl (C=O) groups is 1. The molecule has 1 amide bonds. The van der Waals surface area contributed by atoms with Gasteiger partial charge in [0.25, 0.3) is 0 Å². The second-order valence-corrected chi connectivity index (χ2v) is 3.34. The summed E-state index contributed by atoms with van der Waals surface area (Å²) in [6, 6.07) is 4.09. The standard InChI is InChI=1S/C11H15FN2O2/c1-2-5-16-7-11(15)14-10-4-3-8(13)6-9(10)12/h3-4,6H,2,5,7,13H2,1H3,(H,14,15). The molecule has 0 aliphatic heterocycles. The van der Waals surface area contributed by atoms with E-state index in [1.54, 1.807) is 0 Å². The first-order valence-electron chi connectivity index (χ1n) is 5.06. The summed E-state index contributed by atoms with van der Waals surface area (Å²) in [6.07, 6.45) is 0.837. The van der Waals surface area contributed by atoms with Crippen LogP contribution in [0.5, 0.6) is 0 Å². The lowest BCUT2D eigenvalue weighted by atomic mass is 10.2. The highest BCUT2D eigenvalue weighted by Crippen LogP contribution is 2.16. The Labute approximate surface area is 93.6 Å². The SMILES string of the molecule is CCCOCC(=O)Nc1ccc(N)cc1F. The fraction of sp³-hybridized carbons (Fsp3) is 0.364. The topological polar surface area (TPSA) is 64.3 Å². The molecule has 0 spiro atoms. The maximum atomic E-state index is 13.3. The highest BCUT2D eigenvalue weighted by Gasteiger charge is 2.06. The molecule has 1 aromatic rings. The number of hydrogen-bond acceptors (Lipinski definition) is 3. The van der Waals surface area contributed by atoms with Crippen molar-refractivity contribution in [3.8, 4) is 0 Å². The first kappa shape index (κ1) is 12.4. The zero-order chi connectivity index (χ0) is 12.0. The first-order valence-corrected chi connectivity index (χ1v) is 5.06. The van der Waals surface area contributed by atoms with Gasteiger partial charge in [0.1, 0.15) is 12.4 Å². The van der Waals surface area contributed by atoms with Crippen LogP contribution in [0.25, 0.3) is 0 Å². The molecule has 0 unspecified atom stereocenters. The van der Waals surface area contributed by atoms with Crippen LogP contribution in [-0.2, 0) is 9.53 Å². The second-order valence-electron chi connectivity index (χ2n) is 3.34. The number of anilines is 2. The van der Waals surface area contributed by atoms with Gasteiger partial charge in [-0.2, -0.15) is 0 Å². The Balaban J connectivity index is 2.49. The molecule has 0 aromatic heterocycles. The number of carbonyl (C=O) groups excluding carboxylic acids is 1. The number of nitrogens with two attached hydrogens (primary N) is 1. The van der Waals surface area contributed by atoms with Gasteiger partial charge in [-0.25, -0.2) is 4.39 Å². The number of nitrogens with one attached hydrogen (secondary N) is 1. The summed E-state index contributed by atoms with van der Waals surface area (Å²) in [7, 11) is 0. The van der Waals surface area contributed by atoms with Crippen LogP contribution < -0.4 is 11.1 Å². The number of amides is 1. The summed E-state index contributed by atoms with van der Waals surface area (Å²) >= 11 is 0. The minimum atomic E-state index is -0.552. The van der Waals surface area contributed by atoms with Gasteiger partial charge in [-0.1, -0.05) is 6.92 Å². The summed E-state index contributed by atoms with van der Waals surface area (Å²) in [5, 5.41) is 2.40. The molecule has 1 aromatic carbocycles. The lowest BCUT2D eigenvalue weighted by molar-refractivity contribution is -0.120. The number of ether oxygens (including phenoxy) is 1. The third-order valence-corrected chi connectivity index (χ3v) is 1.85. The van der Waals surface area contributed by atoms with Crippen molar-refractivity contribution >= 4 is 17.3 Å². The quantitative estimate of drug-likeness (QED) is 0.594. The van der Waals surface area contributed by atoms with Gasteiger partial charge in [-0.3, -0.25) is 4.79 Å². The Kier molecular flexibility index (Phi) is 4.72. The third-order valence-electron chi connectivity index (χ3n) is 1.85. The molecule has 0 atom stereocenters. The molecule has 16 heavy (non-hydrogen) atoms. The van der Waals surface area contributed by atoms with Crippen molar-refractivity contribution < 1.29 is 13.9 Å². The molecule has 88 valence electrons. The number of benzene rings is 1. The lowest BCUT2D eigenvalue weighted by Crippen LogP contribution is -2.19. The van der Waals surface area contributed by atoms with Crippen molar-refractivity contribution in [1.82, 2.24) is 0 Å². The third kappa shape index (κ3) is 3.86. The van der Waals surface area contributed by atoms with Gasteiger partial charge in [-0.05, 0) is 24.6 Å². The van der Waals surface area contributed by atoms with Crippen molar-refractivity contribution in [2.24, 2.45) is 0 Å². The summed E-state index contributed by atoms with van der Waals surface area (Å²) < 4.78 is 18.3. The van der Waals surface area contributed by atoms with Crippen LogP contribution >= 0.6 is 0 Å². The van der Waals surface area contributed by atoms with E-state index in [0.29, 0.717) is 12.3 Å². The zero-order valence-corrected chi connectivity index (χ0v) is 9.13. The second kappa shape index (κ2) is 6.07. The number of nitrogen functional groups attached to an aromatic ring is 1. The highest BCUT2D eigenvalue weighted by atomic mass is 19.1. The summed E-state index contributed by atoms with van der Waals surface area (Å²) in [5.41, 5.74) is 5.81. The molecule has 0 aliphatic rings. The van der Waals surface area contributed by atoms with Gasteiger partial charge in [0.05, 0.1) is 5.69 Å². The Bertz CT molecular complexity index is 369.